The smallest absolute Gasteiger partial charge is 0.291 e. The van der Waals surface area contributed by atoms with Gasteiger partial charge in [-0.1, -0.05) is 65.7 Å². The summed E-state index contributed by atoms with van der Waals surface area (Å²) in [6.45, 7) is 2.29. The van der Waals surface area contributed by atoms with Crippen molar-refractivity contribution in [3.63, 3.8) is 0 Å². The molecule has 0 saturated heterocycles. The third kappa shape index (κ3) is 3.01. The van der Waals surface area contributed by atoms with E-state index < -0.39 is 6.04 Å². The molecule has 1 atom stereocenters. The van der Waals surface area contributed by atoms with E-state index in [1.54, 1.807) is 23.1 Å². The lowest BCUT2D eigenvalue weighted by molar-refractivity contribution is 0.0714. The van der Waals surface area contributed by atoms with Crippen LogP contribution >= 0.6 is 11.6 Å². The Morgan fingerprint density at radius 3 is 2.43 bits per heavy atom. The summed E-state index contributed by atoms with van der Waals surface area (Å²) in [4.78, 5) is 28.6. The molecule has 1 aliphatic heterocycles. The maximum Gasteiger partial charge on any atom is 0.291 e. The second-order valence-electron chi connectivity index (χ2n) is 7.55. The third-order valence-corrected chi connectivity index (χ3v) is 5.75. The molecule has 1 aromatic heterocycles. The number of hydrogen-bond acceptors (Lipinski definition) is 3. The summed E-state index contributed by atoms with van der Waals surface area (Å²) >= 11 is 6.08. The van der Waals surface area contributed by atoms with Gasteiger partial charge in [0, 0.05) is 11.6 Å². The lowest BCUT2D eigenvalue weighted by Crippen LogP contribution is -2.29. The lowest BCUT2D eigenvalue weighted by atomic mass is 9.98. The molecule has 148 valence electrons. The van der Waals surface area contributed by atoms with Crippen molar-refractivity contribution in [2.45, 2.75) is 19.5 Å². The predicted octanol–water partition coefficient (Wildman–Crippen LogP) is 5.50. The number of rotatable bonds is 3. The number of hydrogen-bond donors (Lipinski definition) is 0. The first-order valence-electron chi connectivity index (χ1n) is 9.70. The van der Waals surface area contributed by atoms with Crippen LogP contribution in [0.4, 0.5) is 0 Å². The zero-order valence-corrected chi connectivity index (χ0v) is 17.0. The van der Waals surface area contributed by atoms with Crippen LogP contribution in [0.2, 0.25) is 5.02 Å². The van der Waals surface area contributed by atoms with Crippen LogP contribution in [-0.2, 0) is 6.54 Å². The molecule has 0 unspecified atom stereocenters. The Morgan fingerprint density at radius 1 is 0.967 bits per heavy atom. The fourth-order valence-corrected chi connectivity index (χ4v) is 4.20. The average molecular weight is 416 g/mol. The van der Waals surface area contributed by atoms with Gasteiger partial charge in [-0.3, -0.25) is 9.59 Å². The average Bonchev–Trinajstić information content (AvgIpc) is 3.02. The molecule has 0 N–H and O–H groups in total. The van der Waals surface area contributed by atoms with Crippen molar-refractivity contribution in [2.24, 2.45) is 0 Å². The van der Waals surface area contributed by atoms with E-state index in [4.69, 9.17) is 16.0 Å². The van der Waals surface area contributed by atoms with Crippen LogP contribution in [0.5, 0.6) is 0 Å². The third-order valence-electron chi connectivity index (χ3n) is 5.50. The molecule has 3 aromatic carbocycles. The van der Waals surface area contributed by atoms with Gasteiger partial charge in [0.25, 0.3) is 5.91 Å². The molecule has 0 saturated carbocycles. The topological polar surface area (TPSA) is 50.5 Å². The summed E-state index contributed by atoms with van der Waals surface area (Å²) in [6, 6.07) is 21.9. The highest BCUT2D eigenvalue weighted by Crippen LogP contribution is 2.39. The van der Waals surface area contributed by atoms with Crippen LogP contribution in [0.15, 0.2) is 82.0 Å². The normalized spacial score (nSPS) is 15.6. The molecule has 0 spiro atoms. The standard InChI is InChI=1S/C25H18ClNO3/c1-15-7-12-20-19(13-15)23(28)21-22(17-8-10-18(26)11-9-17)27(25(29)24(21)30-20)14-16-5-3-2-4-6-16/h2-13,22H,14H2,1H3/t22-/m0/s1. The van der Waals surface area contributed by atoms with Crippen molar-refractivity contribution in [1.29, 1.82) is 0 Å². The van der Waals surface area contributed by atoms with Crippen LogP contribution in [-0.4, -0.2) is 10.8 Å². The maximum atomic E-state index is 13.5. The van der Waals surface area contributed by atoms with E-state index in [-0.39, 0.29) is 17.1 Å². The van der Waals surface area contributed by atoms with Gasteiger partial charge in [0.1, 0.15) is 5.58 Å². The van der Waals surface area contributed by atoms with E-state index in [0.717, 1.165) is 16.7 Å². The Labute approximate surface area is 178 Å². The van der Waals surface area contributed by atoms with Crippen molar-refractivity contribution in [3.05, 3.63) is 116 Å². The molecule has 1 amide bonds. The first-order chi connectivity index (χ1) is 14.5. The highest BCUT2D eigenvalue weighted by molar-refractivity contribution is 6.30. The minimum atomic E-state index is -0.536. The van der Waals surface area contributed by atoms with Gasteiger partial charge < -0.3 is 9.32 Å². The molecule has 30 heavy (non-hydrogen) atoms. The first-order valence-corrected chi connectivity index (χ1v) is 10.1. The number of amides is 1. The number of aryl methyl sites for hydroxylation is 1. The van der Waals surface area contributed by atoms with E-state index >= 15 is 0 Å². The summed E-state index contributed by atoms with van der Waals surface area (Å²) in [5.41, 5.74) is 3.40. The maximum absolute atomic E-state index is 13.5. The molecule has 1 aliphatic rings. The molecule has 4 nitrogen and oxygen atoms in total. The molecule has 0 radical (unpaired) electrons. The Kier molecular flexibility index (Phi) is 4.44. The monoisotopic (exact) mass is 415 g/mol. The van der Waals surface area contributed by atoms with Gasteiger partial charge in [0.2, 0.25) is 5.76 Å². The number of halogens is 1. The summed E-state index contributed by atoms with van der Waals surface area (Å²) in [6.07, 6.45) is 0. The van der Waals surface area contributed by atoms with E-state index in [9.17, 15) is 9.59 Å². The first kappa shape index (κ1) is 18.6. The van der Waals surface area contributed by atoms with Gasteiger partial charge in [-0.15, -0.1) is 0 Å². The fraction of sp³-hybridized carbons (Fsp3) is 0.120. The largest absolute Gasteiger partial charge is 0.450 e. The van der Waals surface area contributed by atoms with Gasteiger partial charge >= 0.3 is 0 Å². The van der Waals surface area contributed by atoms with Gasteiger partial charge in [0.15, 0.2) is 5.43 Å². The van der Waals surface area contributed by atoms with Gasteiger partial charge in [-0.05, 0) is 42.3 Å². The summed E-state index contributed by atoms with van der Waals surface area (Å²) < 4.78 is 5.98. The van der Waals surface area contributed by atoms with Crippen LogP contribution < -0.4 is 5.43 Å². The molecular formula is C25H18ClNO3. The van der Waals surface area contributed by atoms with Gasteiger partial charge in [0.05, 0.1) is 17.0 Å². The van der Waals surface area contributed by atoms with Crippen LogP contribution in [0, 0.1) is 6.92 Å². The highest BCUT2D eigenvalue weighted by atomic mass is 35.5. The van der Waals surface area contributed by atoms with Crippen molar-refractivity contribution in [1.82, 2.24) is 4.90 Å². The predicted molar refractivity (Wildman–Crippen MR) is 117 cm³/mol. The van der Waals surface area contributed by atoms with Crippen LogP contribution in [0.1, 0.15) is 38.9 Å². The summed E-state index contributed by atoms with van der Waals surface area (Å²) in [5, 5.41) is 1.08. The van der Waals surface area contributed by atoms with E-state index in [2.05, 4.69) is 0 Å². The van der Waals surface area contributed by atoms with Crippen LogP contribution in [0.3, 0.4) is 0 Å². The number of fused-ring (bicyclic) bond motifs is 2. The van der Waals surface area contributed by atoms with Gasteiger partial charge in [-0.2, -0.15) is 0 Å². The molecular weight excluding hydrogens is 398 g/mol. The van der Waals surface area contributed by atoms with Gasteiger partial charge in [-0.25, -0.2) is 0 Å². The number of nitrogens with zero attached hydrogens (tertiary/aromatic N) is 1. The highest BCUT2D eigenvalue weighted by Gasteiger charge is 2.42. The second-order valence-corrected chi connectivity index (χ2v) is 7.98. The Bertz CT molecular complexity index is 1330. The van der Waals surface area contributed by atoms with Crippen molar-refractivity contribution in [3.8, 4) is 0 Å². The van der Waals surface area contributed by atoms with E-state index in [1.807, 2.05) is 61.5 Å². The van der Waals surface area contributed by atoms with E-state index in [0.29, 0.717) is 28.1 Å². The zero-order valence-electron chi connectivity index (χ0n) is 16.3. The molecule has 4 aromatic rings. The molecule has 0 aliphatic carbocycles. The molecule has 0 fully saturated rings. The Balaban J connectivity index is 1.74. The minimum absolute atomic E-state index is 0.118. The number of carbonyl (C=O) groups is 1. The summed E-state index contributed by atoms with van der Waals surface area (Å²) in [5.74, 6) is -0.166. The zero-order chi connectivity index (χ0) is 20.8. The quantitative estimate of drug-likeness (QED) is 0.444. The number of benzene rings is 3. The molecule has 5 rings (SSSR count). The molecule has 2 heterocycles. The minimum Gasteiger partial charge on any atom is -0.450 e. The molecule has 0 bridgehead atoms. The van der Waals surface area contributed by atoms with Crippen molar-refractivity contribution < 1.29 is 9.21 Å². The second kappa shape index (κ2) is 7.15. The Hall–Kier alpha value is -3.37. The van der Waals surface area contributed by atoms with Crippen LogP contribution in [0.25, 0.3) is 11.0 Å². The number of carbonyl (C=O) groups excluding carboxylic acids is 1. The lowest BCUT2D eigenvalue weighted by Gasteiger charge is -2.25. The fourth-order valence-electron chi connectivity index (χ4n) is 4.07. The van der Waals surface area contributed by atoms with Crippen molar-refractivity contribution >= 4 is 28.5 Å². The van der Waals surface area contributed by atoms with Crippen molar-refractivity contribution in [2.75, 3.05) is 0 Å². The summed E-state index contributed by atoms with van der Waals surface area (Å²) in [7, 11) is 0. The Morgan fingerprint density at radius 2 is 1.70 bits per heavy atom. The van der Waals surface area contributed by atoms with E-state index in [1.165, 1.54) is 0 Å². The SMILES string of the molecule is Cc1ccc2oc3c(c(=O)c2c1)[C@H](c1ccc(Cl)cc1)N(Cc1ccccc1)C3=O. The molecule has 5 heteroatoms.